The van der Waals surface area contributed by atoms with Gasteiger partial charge in [-0.1, -0.05) is 84.0 Å². The summed E-state index contributed by atoms with van der Waals surface area (Å²) in [7, 11) is 0. The molecule has 170 valence electrons. The van der Waals surface area contributed by atoms with Crippen LogP contribution in [0, 0.1) is 0 Å². The lowest BCUT2D eigenvalue weighted by atomic mass is 9.85. The molecule has 1 nitrogen and oxygen atoms in total. The van der Waals surface area contributed by atoms with E-state index in [1.807, 2.05) is 0 Å². The minimum Gasteiger partial charge on any atom is -0.309 e. The number of rotatable bonds is 1. The molecule has 0 saturated heterocycles. The average Bonchev–Trinajstić information content (AvgIpc) is 3.30. The molecule has 1 aliphatic carbocycles. The number of para-hydroxylation sites is 1. The van der Waals surface area contributed by atoms with Gasteiger partial charge < -0.3 is 4.57 Å². The third-order valence-electron chi connectivity index (χ3n) is 7.52. The van der Waals surface area contributed by atoms with Gasteiger partial charge in [0.1, 0.15) is 0 Å². The fraction of sp³-hybridized carbons (Fsp3) is 0.273. The summed E-state index contributed by atoms with van der Waals surface area (Å²) in [4.78, 5) is 0. The van der Waals surface area contributed by atoms with Gasteiger partial charge in [0, 0.05) is 16.5 Å². The highest BCUT2D eigenvalue weighted by atomic mass is 15.0. The lowest BCUT2D eigenvalue weighted by Gasteiger charge is -2.20. The molecule has 1 aliphatic rings. The number of aromatic nitrogens is 1. The van der Waals surface area contributed by atoms with Crippen molar-refractivity contribution in [1.82, 2.24) is 4.57 Å². The molecule has 0 bridgehead atoms. The number of hydrogen-bond donors (Lipinski definition) is 0. The molecule has 0 fully saturated rings. The lowest BCUT2D eigenvalue weighted by Crippen LogP contribution is -2.10. The molecule has 0 amide bonds. The monoisotopic (exact) mass is 443 g/mol. The van der Waals surface area contributed by atoms with E-state index in [0.717, 1.165) is 6.42 Å². The highest BCUT2D eigenvalue weighted by Crippen LogP contribution is 2.44. The maximum absolute atomic E-state index is 2.47. The zero-order valence-electron chi connectivity index (χ0n) is 21.2. The first kappa shape index (κ1) is 21.2. The smallest absolute Gasteiger partial charge is 0.0544 e. The van der Waals surface area contributed by atoms with Gasteiger partial charge in [0.05, 0.1) is 11.0 Å². The summed E-state index contributed by atoms with van der Waals surface area (Å²) in [6.45, 7) is 13.8. The van der Waals surface area contributed by atoms with E-state index < -0.39 is 0 Å². The van der Waals surface area contributed by atoms with Crippen LogP contribution >= 0.6 is 0 Å². The molecule has 0 saturated carbocycles. The molecule has 4 aromatic carbocycles. The first-order chi connectivity index (χ1) is 16.1. The Kier molecular flexibility index (Phi) is 4.43. The number of fused-ring (bicyclic) bond motifs is 6. The Labute approximate surface area is 203 Å². The van der Waals surface area contributed by atoms with Crippen LogP contribution in [0.3, 0.4) is 0 Å². The normalized spacial score (nSPS) is 13.5. The molecule has 34 heavy (non-hydrogen) atoms. The SMILES string of the molecule is CC(C)(C)c1ccc2c(c1)-c1cc3c4cc(C(C)(C)C)ccc4n(-c4ccccc4)c3cc1C2. The third kappa shape index (κ3) is 3.21. The summed E-state index contributed by atoms with van der Waals surface area (Å²) in [6.07, 6.45) is 1.01. The van der Waals surface area contributed by atoms with E-state index in [9.17, 15) is 0 Å². The second kappa shape index (κ2) is 7.09. The quantitative estimate of drug-likeness (QED) is 0.239. The van der Waals surface area contributed by atoms with Gasteiger partial charge in [-0.25, -0.2) is 0 Å². The molecule has 0 aliphatic heterocycles. The van der Waals surface area contributed by atoms with Crippen LogP contribution in [0.2, 0.25) is 0 Å². The average molecular weight is 444 g/mol. The molecule has 0 N–H and O–H groups in total. The lowest BCUT2D eigenvalue weighted by molar-refractivity contribution is 0.590. The first-order valence-electron chi connectivity index (χ1n) is 12.4. The number of hydrogen-bond acceptors (Lipinski definition) is 0. The van der Waals surface area contributed by atoms with Crippen LogP contribution in [-0.2, 0) is 17.3 Å². The van der Waals surface area contributed by atoms with Crippen LogP contribution in [0.5, 0.6) is 0 Å². The number of nitrogens with zero attached hydrogens (tertiary/aromatic N) is 1. The van der Waals surface area contributed by atoms with Crippen molar-refractivity contribution < 1.29 is 0 Å². The van der Waals surface area contributed by atoms with Gasteiger partial charge in [0.2, 0.25) is 0 Å². The molecule has 6 rings (SSSR count). The van der Waals surface area contributed by atoms with Crippen LogP contribution in [0.1, 0.15) is 63.8 Å². The van der Waals surface area contributed by atoms with E-state index in [2.05, 4.69) is 125 Å². The minimum atomic E-state index is 0.111. The summed E-state index contributed by atoms with van der Waals surface area (Å²) < 4.78 is 2.45. The minimum absolute atomic E-state index is 0.111. The van der Waals surface area contributed by atoms with Crippen LogP contribution in [-0.4, -0.2) is 4.57 Å². The van der Waals surface area contributed by atoms with Crippen molar-refractivity contribution in [2.45, 2.75) is 58.8 Å². The van der Waals surface area contributed by atoms with E-state index in [-0.39, 0.29) is 10.8 Å². The van der Waals surface area contributed by atoms with Crippen LogP contribution in [0.15, 0.2) is 78.9 Å². The van der Waals surface area contributed by atoms with E-state index in [4.69, 9.17) is 0 Å². The molecular weight excluding hydrogens is 410 g/mol. The summed E-state index contributed by atoms with van der Waals surface area (Å²) in [5.74, 6) is 0. The Morgan fingerprint density at radius 3 is 1.88 bits per heavy atom. The topological polar surface area (TPSA) is 4.93 Å². The maximum Gasteiger partial charge on any atom is 0.0544 e. The van der Waals surface area contributed by atoms with Crippen molar-refractivity contribution in [2.24, 2.45) is 0 Å². The predicted molar refractivity (Wildman–Crippen MR) is 146 cm³/mol. The summed E-state index contributed by atoms with van der Waals surface area (Å²) in [5.41, 5.74) is 12.5. The molecule has 0 atom stereocenters. The van der Waals surface area contributed by atoms with E-state index in [1.165, 1.54) is 60.9 Å². The molecule has 0 spiro atoms. The third-order valence-corrected chi connectivity index (χ3v) is 7.52. The Morgan fingerprint density at radius 1 is 0.559 bits per heavy atom. The van der Waals surface area contributed by atoms with E-state index >= 15 is 0 Å². The Bertz CT molecular complexity index is 1570. The molecule has 1 heteroatoms. The first-order valence-corrected chi connectivity index (χ1v) is 12.4. The second-order valence-corrected chi connectivity index (χ2v) is 12.0. The van der Waals surface area contributed by atoms with E-state index in [0.29, 0.717) is 0 Å². The predicted octanol–water partition coefficient (Wildman–Crippen LogP) is 8.95. The van der Waals surface area contributed by atoms with Crippen LogP contribution in [0.4, 0.5) is 0 Å². The van der Waals surface area contributed by atoms with Crippen molar-refractivity contribution in [3.8, 4) is 16.8 Å². The van der Waals surface area contributed by atoms with Crippen molar-refractivity contribution >= 4 is 21.8 Å². The summed E-state index contributed by atoms with van der Waals surface area (Å²) in [5, 5.41) is 2.69. The van der Waals surface area contributed by atoms with Crippen LogP contribution < -0.4 is 0 Å². The van der Waals surface area contributed by atoms with Gasteiger partial charge in [0.15, 0.2) is 0 Å². The fourth-order valence-corrected chi connectivity index (χ4v) is 5.48. The summed E-state index contributed by atoms with van der Waals surface area (Å²) >= 11 is 0. The highest BCUT2D eigenvalue weighted by molar-refractivity contribution is 6.11. The fourth-order valence-electron chi connectivity index (χ4n) is 5.48. The van der Waals surface area contributed by atoms with Gasteiger partial charge in [0.25, 0.3) is 0 Å². The molecule has 0 radical (unpaired) electrons. The van der Waals surface area contributed by atoms with Gasteiger partial charge >= 0.3 is 0 Å². The maximum atomic E-state index is 2.47. The van der Waals surface area contributed by atoms with Crippen molar-refractivity contribution in [2.75, 3.05) is 0 Å². The van der Waals surface area contributed by atoms with Crippen molar-refractivity contribution in [3.05, 3.63) is 101 Å². The standard InChI is InChI=1S/C33H33N/c1-32(2,3)23-13-12-21-16-22-17-31-29(20-27(22)26(21)18-23)28-19-24(33(4,5)6)14-15-30(28)34(31)25-10-8-7-9-11-25/h7-15,17-20H,16H2,1-6H3. The molecule has 5 aromatic rings. The van der Waals surface area contributed by atoms with Crippen molar-refractivity contribution in [1.29, 1.82) is 0 Å². The van der Waals surface area contributed by atoms with Crippen molar-refractivity contribution in [3.63, 3.8) is 0 Å². The van der Waals surface area contributed by atoms with Gasteiger partial charge in [-0.2, -0.15) is 0 Å². The zero-order valence-corrected chi connectivity index (χ0v) is 21.2. The second-order valence-electron chi connectivity index (χ2n) is 12.0. The molecule has 1 heterocycles. The van der Waals surface area contributed by atoms with Gasteiger partial charge in [-0.05, 0) is 87.0 Å². The summed E-state index contributed by atoms with van der Waals surface area (Å²) in [6, 6.07) is 29.9. The highest BCUT2D eigenvalue weighted by Gasteiger charge is 2.25. The Morgan fingerprint density at radius 2 is 1.18 bits per heavy atom. The molecule has 0 unspecified atom stereocenters. The Hall–Kier alpha value is -3.32. The molecular formula is C33H33N. The van der Waals surface area contributed by atoms with E-state index in [1.54, 1.807) is 0 Å². The Balaban J connectivity index is 1.68. The molecule has 1 aromatic heterocycles. The number of benzene rings is 4. The van der Waals surface area contributed by atoms with Gasteiger partial charge in [-0.15, -0.1) is 0 Å². The van der Waals surface area contributed by atoms with Gasteiger partial charge in [-0.3, -0.25) is 0 Å². The zero-order chi connectivity index (χ0) is 23.8. The largest absolute Gasteiger partial charge is 0.309 e. The van der Waals surface area contributed by atoms with Crippen LogP contribution in [0.25, 0.3) is 38.6 Å².